The molecule has 9 nitrogen and oxygen atoms in total. The first kappa shape index (κ1) is 32.1. The van der Waals surface area contributed by atoms with E-state index in [-0.39, 0.29) is 30.4 Å². The third-order valence-corrected chi connectivity index (χ3v) is 9.18. The molecule has 1 aromatic heterocycles. The van der Waals surface area contributed by atoms with Gasteiger partial charge in [-0.2, -0.15) is 0 Å². The minimum absolute atomic E-state index is 0.00558. The number of fused-ring (bicyclic) bond motifs is 1. The van der Waals surface area contributed by atoms with Crippen molar-refractivity contribution in [2.24, 2.45) is 0 Å². The number of piperazine rings is 1. The number of nitrogens with zero attached hydrogens (tertiary/aromatic N) is 4. The fourth-order valence-corrected chi connectivity index (χ4v) is 6.42. The molecule has 0 unspecified atom stereocenters. The molecule has 0 bridgehead atoms. The van der Waals surface area contributed by atoms with Crippen molar-refractivity contribution in [3.05, 3.63) is 143 Å². The lowest BCUT2D eigenvalue weighted by atomic mass is 9.99. The van der Waals surface area contributed by atoms with Crippen molar-refractivity contribution in [1.29, 1.82) is 0 Å². The van der Waals surface area contributed by atoms with E-state index in [4.69, 9.17) is 9.47 Å². The van der Waals surface area contributed by atoms with E-state index in [1.807, 2.05) is 72.8 Å². The molecule has 48 heavy (non-hydrogen) atoms. The molecule has 2 N–H and O–H groups in total. The molecule has 4 aromatic carbocycles. The smallest absolute Gasteiger partial charge is 0.271 e. The summed E-state index contributed by atoms with van der Waals surface area (Å²) in [5.41, 5.74) is 6.92. The molecule has 9 heteroatoms. The molecule has 246 valence electrons. The van der Waals surface area contributed by atoms with Gasteiger partial charge in [0.1, 0.15) is 5.69 Å². The highest BCUT2D eigenvalue weighted by Crippen LogP contribution is 2.38. The number of para-hydroxylation sites is 2. The molecular weight excluding hydrogens is 602 g/mol. The predicted octanol–water partition coefficient (Wildman–Crippen LogP) is 5.42. The van der Waals surface area contributed by atoms with Gasteiger partial charge in [-0.15, -0.1) is 0 Å². The first-order chi connectivity index (χ1) is 23.6. The summed E-state index contributed by atoms with van der Waals surface area (Å²) < 4.78 is 13.2. The average molecular weight is 644 g/mol. The number of carbonyl (C=O) groups is 1. The number of aromatic nitrogens is 2. The van der Waals surface area contributed by atoms with Crippen molar-refractivity contribution in [1.82, 2.24) is 25.1 Å². The van der Waals surface area contributed by atoms with E-state index < -0.39 is 6.29 Å². The molecule has 0 saturated carbocycles. The Kier molecular flexibility index (Phi) is 10.1. The highest BCUT2D eigenvalue weighted by molar-refractivity contribution is 5.93. The minimum atomic E-state index is -0.526. The van der Waals surface area contributed by atoms with Gasteiger partial charge in [-0.05, 0) is 34.4 Å². The maximum Gasteiger partial charge on any atom is 0.271 e. The van der Waals surface area contributed by atoms with E-state index in [1.165, 1.54) is 11.8 Å². The molecule has 5 aromatic rings. The number of amides is 1. The van der Waals surface area contributed by atoms with Crippen LogP contribution in [0, 0.1) is 0 Å². The van der Waals surface area contributed by atoms with Crippen LogP contribution in [0.1, 0.15) is 57.1 Å². The molecule has 2 aliphatic rings. The van der Waals surface area contributed by atoms with Gasteiger partial charge in [-0.25, -0.2) is 4.98 Å². The summed E-state index contributed by atoms with van der Waals surface area (Å²) in [5.74, 6) is -0.268. The molecule has 2 saturated heterocycles. The third-order valence-electron chi connectivity index (χ3n) is 9.18. The Hall–Kier alpha value is -4.51. The van der Waals surface area contributed by atoms with Crippen LogP contribution in [0.2, 0.25) is 0 Å². The van der Waals surface area contributed by atoms with Crippen molar-refractivity contribution in [3.8, 4) is 0 Å². The summed E-state index contributed by atoms with van der Waals surface area (Å²) in [6.07, 6.45) is 1.59. The van der Waals surface area contributed by atoms with E-state index in [9.17, 15) is 9.90 Å². The van der Waals surface area contributed by atoms with E-state index in [0.717, 1.165) is 73.5 Å². The van der Waals surface area contributed by atoms with Gasteiger partial charge >= 0.3 is 0 Å². The maximum atomic E-state index is 12.8. The molecule has 3 heterocycles. The van der Waals surface area contributed by atoms with Crippen LogP contribution in [0.4, 0.5) is 0 Å². The number of hydrogen-bond donors (Lipinski definition) is 2. The highest BCUT2D eigenvalue weighted by Gasteiger charge is 2.33. The van der Waals surface area contributed by atoms with E-state index in [0.29, 0.717) is 12.1 Å². The van der Waals surface area contributed by atoms with Gasteiger partial charge in [0.25, 0.3) is 5.91 Å². The molecule has 2 aliphatic heterocycles. The van der Waals surface area contributed by atoms with Crippen molar-refractivity contribution < 1.29 is 19.4 Å². The zero-order valence-electron chi connectivity index (χ0n) is 26.9. The van der Waals surface area contributed by atoms with Crippen LogP contribution >= 0.6 is 0 Å². The monoisotopic (exact) mass is 643 g/mol. The third kappa shape index (κ3) is 7.95. The van der Waals surface area contributed by atoms with Crippen LogP contribution in [0.15, 0.2) is 109 Å². The maximum absolute atomic E-state index is 12.8. The SMILES string of the molecule is O=C(NCc1ccc([C@H]2O[C@@H](CN3CCN(Cc4ccccc4)CC3)C[C@@H](c3ccc(CO)cc3)O2)cc1)c1cnc2ccccc2n1. The number of aliphatic hydroxyl groups excluding tert-OH is 1. The van der Waals surface area contributed by atoms with Crippen LogP contribution in [-0.4, -0.2) is 69.6 Å². The van der Waals surface area contributed by atoms with E-state index in [1.54, 1.807) is 0 Å². The van der Waals surface area contributed by atoms with Gasteiger partial charge in [0.15, 0.2) is 6.29 Å². The van der Waals surface area contributed by atoms with Crippen LogP contribution in [0.25, 0.3) is 11.0 Å². The Morgan fingerprint density at radius 3 is 2.17 bits per heavy atom. The van der Waals surface area contributed by atoms with Crippen LogP contribution in [-0.2, 0) is 29.2 Å². The van der Waals surface area contributed by atoms with Crippen molar-refractivity contribution >= 4 is 16.9 Å². The average Bonchev–Trinajstić information content (AvgIpc) is 3.15. The highest BCUT2D eigenvalue weighted by atomic mass is 16.7. The minimum Gasteiger partial charge on any atom is -0.392 e. The second kappa shape index (κ2) is 15.1. The molecule has 0 radical (unpaired) electrons. The lowest BCUT2D eigenvalue weighted by Gasteiger charge is -2.40. The Labute approximate surface area is 281 Å². The number of hydrogen-bond acceptors (Lipinski definition) is 8. The lowest BCUT2D eigenvalue weighted by molar-refractivity contribution is -0.253. The quantitative estimate of drug-likeness (QED) is 0.208. The Bertz CT molecular complexity index is 1790. The number of ether oxygens (including phenoxy) is 2. The molecular formula is C39H41N5O4. The molecule has 0 spiro atoms. The lowest BCUT2D eigenvalue weighted by Crippen LogP contribution is -2.49. The van der Waals surface area contributed by atoms with Gasteiger partial charge in [0.2, 0.25) is 0 Å². The second-order valence-electron chi connectivity index (χ2n) is 12.6. The zero-order chi connectivity index (χ0) is 32.7. The van der Waals surface area contributed by atoms with Gasteiger partial charge < -0.3 is 19.9 Å². The summed E-state index contributed by atoms with van der Waals surface area (Å²) in [7, 11) is 0. The normalized spacial score (nSPS) is 20.5. The van der Waals surface area contributed by atoms with Crippen LogP contribution in [0.5, 0.6) is 0 Å². The standard InChI is InChI=1S/C39H41N5O4/c45-27-30-12-14-31(15-13-30)37-22-33(26-44-20-18-43(19-21-44)25-29-6-2-1-3-7-29)47-39(48-37)32-16-10-28(11-17-32)23-41-38(46)36-24-40-34-8-4-5-9-35(34)42-36/h1-17,24,33,37,39,45H,18-23,25-27H2,(H,41,46)/t33-,37+,39+/m1/s1. The summed E-state index contributed by atoms with van der Waals surface area (Å²) in [5, 5.41) is 12.5. The van der Waals surface area contributed by atoms with Gasteiger partial charge in [0.05, 0.1) is 36.0 Å². The largest absolute Gasteiger partial charge is 0.392 e. The van der Waals surface area contributed by atoms with Gasteiger partial charge in [-0.3, -0.25) is 19.6 Å². The molecule has 0 aliphatic carbocycles. The van der Waals surface area contributed by atoms with E-state index >= 15 is 0 Å². The van der Waals surface area contributed by atoms with Gasteiger partial charge in [0, 0.05) is 57.8 Å². The Morgan fingerprint density at radius 2 is 1.42 bits per heavy atom. The van der Waals surface area contributed by atoms with Crippen molar-refractivity contribution in [2.45, 2.75) is 44.6 Å². The summed E-state index contributed by atoms with van der Waals surface area (Å²) in [6.45, 7) is 6.24. The summed E-state index contributed by atoms with van der Waals surface area (Å²) >= 11 is 0. The number of benzene rings is 4. The number of nitrogens with one attached hydrogen (secondary N) is 1. The van der Waals surface area contributed by atoms with Crippen molar-refractivity contribution in [2.75, 3.05) is 32.7 Å². The summed E-state index contributed by atoms with van der Waals surface area (Å²) in [4.78, 5) is 26.6. The fourth-order valence-electron chi connectivity index (χ4n) is 6.42. The number of rotatable bonds is 10. The Balaban J connectivity index is 0.989. The van der Waals surface area contributed by atoms with Crippen LogP contribution in [0.3, 0.4) is 0 Å². The van der Waals surface area contributed by atoms with Gasteiger partial charge in [-0.1, -0.05) is 91.0 Å². The Morgan fingerprint density at radius 1 is 0.750 bits per heavy atom. The number of aliphatic hydroxyl groups is 1. The first-order valence-corrected chi connectivity index (χ1v) is 16.7. The summed E-state index contributed by atoms with van der Waals surface area (Å²) in [6, 6.07) is 34.2. The molecule has 2 fully saturated rings. The molecule has 3 atom stereocenters. The van der Waals surface area contributed by atoms with Crippen LogP contribution < -0.4 is 5.32 Å². The zero-order valence-corrected chi connectivity index (χ0v) is 26.9. The van der Waals surface area contributed by atoms with Crippen molar-refractivity contribution in [3.63, 3.8) is 0 Å². The molecule has 7 rings (SSSR count). The topological polar surface area (TPSA) is 100 Å². The number of carbonyl (C=O) groups excluding carboxylic acids is 1. The predicted molar refractivity (Wildman–Crippen MR) is 184 cm³/mol. The fraction of sp³-hybridized carbons (Fsp3) is 0.308. The second-order valence-corrected chi connectivity index (χ2v) is 12.6. The first-order valence-electron chi connectivity index (χ1n) is 16.7. The van der Waals surface area contributed by atoms with E-state index in [2.05, 4.69) is 55.4 Å². The molecule has 1 amide bonds.